The van der Waals surface area contributed by atoms with E-state index in [2.05, 4.69) is 17.3 Å². The quantitative estimate of drug-likeness (QED) is 0.799. The van der Waals surface area contributed by atoms with Gasteiger partial charge in [-0.3, -0.25) is 9.59 Å². The first kappa shape index (κ1) is 14.3. The van der Waals surface area contributed by atoms with Gasteiger partial charge in [0.05, 0.1) is 11.8 Å². The highest BCUT2D eigenvalue weighted by molar-refractivity contribution is 5.85. The number of nitrogens with zero attached hydrogens (tertiary/aromatic N) is 1. The lowest BCUT2D eigenvalue weighted by Crippen LogP contribution is -2.48. The lowest BCUT2D eigenvalue weighted by atomic mass is 9.94. The summed E-state index contributed by atoms with van der Waals surface area (Å²) in [6.07, 6.45) is 3.41. The van der Waals surface area contributed by atoms with E-state index < -0.39 is 11.9 Å². The molecule has 2 unspecified atom stereocenters. The number of nitrogens with one attached hydrogen (secondary N) is 1. The number of likely N-dealkylation sites (tertiary alicyclic amines) is 1. The Hall–Kier alpha value is -1.10. The number of carboxylic acid groups (broad SMARTS) is 1. The van der Waals surface area contributed by atoms with E-state index in [1.807, 2.05) is 6.92 Å². The van der Waals surface area contributed by atoms with Crippen LogP contribution in [0.3, 0.4) is 0 Å². The molecular weight excluding hydrogens is 244 g/mol. The van der Waals surface area contributed by atoms with E-state index >= 15 is 0 Å². The van der Waals surface area contributed by atoms with Crippen molar-refractivity contribution in [2.75, 3.05) is 20.1 Å². The number of hydrogen-bond acceptors (Lipinski definition) is 3. The van der Waals surface area contributed by atoms with Gasteiger partial charge in [-0.15, -0.1) is 0 Å². The Labute approximate surface area is 114 Å². The first-order valence-corrected chi connectivity index (χ1v) is 7.19. The molecule has 0 aromatic heterocycles. The Morgan fingerprint density at radius 3 is 2.58 bits per heavy atom. The summed E-state index contributed by atoms with van der Waals surface area (Å²) in [7, 11) is 2.05. The minimum atomic E-state index is -0.828. The number of amides is 1. The van der Waals surface area contributed by atoms with Crippen molar-refractivity contribution in [3.63, 3.8) is 0 Å². The maximum atomic E-state index is 12.3. The SMILES string of the molecule is CC1C[C@H](C(=O)NC2CCCN(C)C2)[C@H](C(=O)O)C1. The summed E-state index contributed by atoms with van der Waals surface area (Å²) in [4.78, 5) is 25.7. The van der Waals surface area contributed by atoms with Gasteiger partial charge in [0.15, 0.2) is 0 Å². The van der Waals surface area contributed by atoms with E-state index in [9.17, 15) is 14.7 Å². The van der Waals surface area contributed by atoms with Gasteiger partial charge in [-0.25, -0.2) is 0 Å². The van der Waals surface area contributed by atoms with Crippen molar-refractivity contribution in [3.05, 3.63) is 0 Å². The number of carbonyl (C=O) groups excluding carboxylic acids is 1. The standard InChI is InChI=1S/C14H24N2O3/c1-9-6-11(12(7-9)14(18)19)13(17)15-10-4-3-5-16(2)8-10/h9-12H,3-8H2,1-2H3,(H,15,17)(H,18,19)/t9?,10?,11-,12+/m0/s1. The molecule has 108 valence electrons. The Kier molecular flexibility index (Phi) is 4.45. The number of carbonyl (C=O) groups is 2. The largest absolute Gasteiger partial charge is 0.481 e. The molecule has 5 heteroatoms. The van der Waals surface area contributed by atoms with Gasteiger partial charge in [0, 0.05) is 12.6 Å². The molecule has 2 rings (SSSR count). The van der Waals surface area contributed by atoms with Gasteiger partial charge in [0.25, 0.3) is 0 Å². The van der Waals surface area contributed by atoms with E-state index in [1.54, 1.807) is 0 Å². The van der Waals surface area contributed by atoms with Gasteiger partial charge in [0.2, 0.25) is 5.91 Å². The summed E-state index contributed by atoms with van der Waals surface area (Å²) in [5.41, 5.74) is 0. The molecule has 1 saturated heterocycles. The second-order valence-corrected chi connectivity index (χ2v) is 6.24. The predicted molar refractivity (Wildman–Crippen MR) is 71.7 cm³/mol. The highest BCUT2D eigenvalue weighted by Gasteiger charge is 2.41. The van der Waals surface area contributed by atoms with E-state index in [4.69, 9.17) is 0 Å². The number of aliphatic carboxylic acids is 1. The molecule has 0 spiro atoms. The first-order chi connectivity index (χ1) is 8.97. The highest BCUT2D eigenvalue weighted by Crippen LogP contribution is 2.36. The minimum Gasteiger partial charge on any atom is -0.481 e. The normalized spacial score (nSPS) is 36.1. The van der Waals surface area contributed by atoms with Crippen LogP contribution in [0.15, 0.2) is 0 Å². The van der Waals surface area contributed by atoms with Crippen molar-refractivity contribution >= 4 is 11.9 Å². The molecule has 4 atom stereocenters. The van der Waals surface area contributed by atoms with Crippen LogP contribution < -0.4 is 5.32 Å². The Bertz CT molecular complexity index is 359. The second-order valence-electron chi connectivity index (χ2n) is 6.24. The summed E-state index contributed by atoms with van der Waals surface area (Å²) in [6, 6.07) is 0.177. The zero-order valence-electron chi connectivity index (χ0n) is 11.8. The summed E-state index contributed by atoms with van der Waals surface area (Å²) >= 11 is 0. The van der Waals surface area contributed by atoms with Crippen molar-refractivity contribution in [1.29, 1.82) is 0 Å². The van der Waals surface area contributed by atoms with Crippen molar-refractivity contribution in [2.24, 2.45) is 17.8 Å². The number of likely N-dealkylation sites (N-methyl/N-ethyl adjacent to an activating group) is 1. The fraction of sp³-hybridized carbons (Fsp3) is 0.857. The third-order valence-electron chi connectivity index (χ3n) is 4.42. The topological polar surface area (TPSA) is 69.6 Å². The fourth-order valence-corrected chi connectivity index (χ4v) is 3.45. The third kappa shape index (κ3) is 3.47. The van der Waals surface area contributed by atoms with Gasteiger partial charge >= 0.3 is 5.97 Å². The van der Waals surface area contributed by atoms with Gasteiger partial charge in [-0.1, -0.05) is 6.92 Å². The average molecular weight is 268 g/mol. The van der Waals surface area contributed by atoms with Crippen molar-refractivity contribution in [1.82, 2.24) is 10.2 Å². The smallest absolute Gasteiger partial charge is 0.307 e. The van der Waals surface area contributed by atoms with Crippen molar-refractivity contribution in [2.45, 2.75) is 38.6 Å². The predicted octanol–water partition coefficient (Wildman–Crippen LogP) is 0.944. The molecule has 5 nitrogen and oxygen atoms in total. The number of piperidine rings is 1. The molecule has 1 saturated carbocycles. The second kappa shape index (κ2) is 5.90. The number of hydrogen-bond donors (Lipinski definition) is 2. The van der Waals surface area contributed by atoms with E-state index in [0.29, 0.717) is 18.8 Å². The van der Waals surface area contributed by atoms with E-state index in [-0.39, 0.29) is 17.9 Å². The van der Waals surface area contributed by atoms with Gasteiger partial charge in [-0.05, 0) is 45.2 Å². The lowest BCUT2D eigenvalue weighted by molar-refractivity contribution is -0.146. The highest BCUT2D eigenvalue weighted by atomic mass is 16.4. The number of carboxylic acids is 1. The maximum absolute atomic E-state index is 12.3. The van der Waals surface area contributed by atoms with Gasteiger partial charge < -0.3 is 15.3 Å². The van der Waals surface area contributed by atoms with Crippen LogP contribution in [0.5, 0.6) is 0 Å². The zero-order chi connectivity index (χ0) is 14.0. The Morgan fingerprint density at radius 1 is 1.26 bits per heavy atom. The number of rotatable bonds is 3. The summed E-state index contributed by atoms with van der Waals surface area (Å²) in [5, 5.41) is 12.3. The maximum Gasteiger partial charge on any atom is 0.307 e. The summed E-state index contributed by atoms with van der Waals surface area (Å²) in [5.74, 6) is -1.41. The molecule has 1 aliphatic heterocycles. The van der Waals surface area contributed by atoms with Crippen LogP contribution in [-0.2, 0) is 9.59 Å². The third-order valence-corrected chi connectivity index (χ3v) is 4.42. The monoisotopic (exact) mass is 268 g/mol. The molecule has 2 fully saturated rings. The Balaban J connectivity index is 1.93. The van der Waals surface area contributed by atoms with Crippen LogP contribution in [0.4, 0.5) is 0 Å². The van der Waals surface area contributed by atoms with Gasteiger partial charge in [0.1, 0.15) is 0 Å². The van der Waals surface area contributed by atoms with Crippen molar-refractivity contribution < 1.29 is 14.7 Å². The zero-order valence-corrected chi connectivity index (χ0v) is 11.8. The molecule has 1 heterocycles. The summed E-state index contributed by atoms with van der Waals surface area (Å²) in [6.45, 7) is 3.97. The van der Waals surface area contributed by atoms with E-state index in [0.717, 1.165) is 25.9 Å². The molecule has 0 aromatic carbocycles. The molecular formula is C14H24N2O3. The molecule has 0 radical (unpaired) electrons. The molecule has 2 N–H and O–H groups in total. The van der Waals surface area contributed by atoms with Crippen LogP contribution in [0.1, 0.15) is 32.6 Å². The summed E-state index contributed by atoms with van der Waals surface area (Å²) < 4.78 is 0. The fourth-order valence-electron chi connectivity index (χ4n) is 3.45. The molecule has 1 amide bonds. The van der Waals surface area contributed by atoms with Crippen LogP contribution >= 0.6 is 0 Å². The Morgan fingerprint density at radius 2 is 1.95 bits per heavy atom. The molecule has 1 aliphatic carbocycles. The first-order valence-electron chi connectivity index (χ1n) is 7.19. The minimum absolute atomic E-state index is 0.0583. The van der Waals surface area contributed by atoms with Crippen LogP contribution in [0.2, 0.25) is 0 Å². The molecule has 2 aliphatic rings. The molecule has 19 heavy (non-hydrogen) atoms. The molecule has 0 bridgehead atoms. The van der Waals surface area contributed by atoms with E-state index in [1.165, 1.54) is 0 Å². The molecule has 0 aromatic rings. The van der Waals surface area contributed by atoms with Crippen molar-refractivity contribution in [3.8, 4) is 0 Å². The van der Waals surface area contributed by atoms with Crippen LogP contribution in [0.25, 0.3) is 0 Å². The van der Waals surface area contributed by atoms with Gasteiger partial charge in [-0.2, -0.15) is 0 Å². The van der Waals surface area contributed by atoms with Crippen LogP contribution in [0, 0.1) is 17.8 Å². The lowest BCUT2D eigenvalue weighted by Gasteiger charge is -2.31. The van der Waals surface area contributed by atoms with Crippen LogP contribution in [-0.4, -0.2) is 48.1 Å². The average Bonchev–Trinajstić information content (AvgIpc) is 2.71.